The molecule has 2 aromatic heterocycles. The quantitative estimate of drug-likeness (QED) is 0.877. The van der Waals surface area contributed by atoms with Crippen molar-refractivity contribution >= 4 is 29.7 Å². The van der Waals surface area contributed by atoms with E-state index in [1.807, 2.05) is 16.3 Å². The summed E-state index contributed by atoms with van der Waals surface area (Å²) in [6.45, 7) is 4.37. The third-order valence-electron chi connectivity index (χ3n) is 3.09. The van der Waals surface area contributed by atoms with Crippen molar-refractivity contribution in [1.29, 1.82) is 0 Å². The van der Waals surface area contributed by atoms with Crippen molar-refractivity contribution in [3.05, 3.63) is 22.7 Å². The Kier molecular flexibility index (Phi) is 4.69. The zero-order chi connectivity index (χ0) is 13.2. The number of tetrazole rings is 1. The van der Waals surface area contributed by atoms with Crippen LogP contribution < -0.4 is 5.32 Å². The lowest BCUT2D eigenvalue weighted by Gasteiger charge is -2.31. The van der Waals surface area contributed by atoms with E-state index in [9.17, 15) is 4.79 Å². The Balaban J connectivity index is 0.00000147. The fourth-order valence-electron chi connectivity index (χ4n) is 2.18. The van der Waals surface area contributed by atoms with E-state index in [1.54, 1.807) is 0 Å². The first-order valence-corrected chi connectivity index (χ1v) is 6.97. The number of nitrogens with one attached hydrogen (secondary N) is 1. The van der Waals surface area contributed by atoms with Crippen LogP contribution in [-0.2, 0) is 0 Å². The van der Waals surface area contributed by atoms with Crippen LogP contribution in [0.1, 0.15) is 16.6 Å². The maximum absolute atomic E-state index is 12.5. The number of amides is 1. The molecule has 1 fully saturated rings. The Morgan fingerprint density at radius 2 is 2.40 bits per heavy atom. The Bertz CT molecular complexity index is 571. The highest BCUT2D eigenvalue weighted by Gasteiger charge is 2.25. The minimum atomic E-state index is 0. The molecule has 9 heteroatoms. The average Bonchev–Trinajstić information content (AvgIpc) is 3.08. The van der Waals surface area contributed by atoms with Crippen LogP contribution in [0.25, 0.3) is 5.69 Å². The van der Waals surface area contributed by atoms with Gasteiger partial charge in [0.1, 0.15) is 11.2 Å². The number of rotatable bonds is 2. The summed E-state index contributed by atoms with van der Waals surface area (Å²) < 4.78 is 1.52. The number of carbonyl (C=O) groups is 1. The Morgan fingerprint density at radius 1 is 1.55 bits per heavy atom. The van der Waals surface area contributed by atoms with Gasteiger partial charge in [-0.25, -0.2) is 0 Å². The minimum Gasteiger partial charge on any atom is -0.335 e. The number of halogens is 1. The number of carbonyl (C=O) groups excluding carboxylic acids is 1. The highest BCUT2D eigenvalue weighted by atomic mass is 35.5. The van der Waals surface area contributed by atoms with Gasteiger partial charge in [-0.05, 0) is 28.8 Å². The van der Waals surface area contributed by atoms with E-state index in [4.69, 9.17) is 0 Å². The van der Waals surface area contributed by atoms with Crippen LogP contribution in [0.15, 0.2) is 17.8 Å². The lowest BCUT2D eigenvalue weighted by atomic mass is 10.2. The smallest absolute Gasteiger partial charge is 0.266 e. The lowest BCUT2D eigenvalue weighted by molar-refractivity contribution is 0.0714. The van der Waals surface area contributed by atoms with Crippen molar-refractivity contribution < 1.29 is 4.79 Å². The van der Waals surface area contributed by atoms with Crippen molar-refractivity contribution in [2.24, 2.45) is 0 Å². The molecule has 2 aromatic rings. The molecule has 3 heterocycles. The third kappa shape index (κ3) is 2.82. The first-order chi connectivity index (χ1) is 9.25. The molecular weight excluding hydrogens is 300 g/mol. The van der Waals surface area contributed by atoms with Gasteiger partial charge in [0.2, 0.25) is 0 Å². The van der Waals surface area contributed by atoms with Gasteiger partial charge in [-0.1, -0.05) is 0 Å². The standard InChI is InChI=1S/C11H14N6OS.ClH/c1-8-6-16(4-3-12-8)11(18)10-9(2-5-19-10)17-7-13-14-15-17;/h2,5,7-8,12H,3-4,6H2,1H3;1H. The van der Waals surface area contributed by atoms with Crippen LogP contribution in [0.2, 0.25) is 0 Å². The number of nitrogens with zero attached hydrogens (tertiary/aromatic N) is 5. The predicted molar refractivity (Wildman–Crippen MR) is 77.6 cm³/mol. The van der Waals surface area contributed by atoms with E-state index < -0.39 is 0 Å². The number of hydrogen-bond acceptors (Lipinski definition) is 6. The summed E-state index contributed by atoms with van der Waals surface area (Å²) in [5.41, 5.74) is 0.742. The summed E-state index contributed by atoms with van der Waals surface area (Å²) in [5, 5.41) is 16.3. The second-order valence-corrected chi connectivity index (χ2v) is 5.41. The van der Waals surface area contributed by atoms with E-state index in [1.165, 1.54) is 22.3 Å². The summed E-state index contributed by atoms with van der Waals surface area (Å²) in [6.07, 6.45) is 1.50. The molecule has 7 nitrogen and oxygen atoms in total. The van der Waals surface area contributed by atoms with Gasteiger partial charge < -0.3 is 10.2 Å². The van der Waals surface area contributed by atoms with Crippen LogP contribution in [0.4, 0.5) is 0 Å². The van der Waals surface area contributed by atoms with E-state index in [2.05, 4.69) is 27.8 Å². The zero-order valence-electron chi connectivity index (χ0n) is 10.9. The molecule has 1 saturated heterocycles. The van der Waals surface area contributed by atoms with Crippen LogP contribution in [0, 0.1) is 0 Å². The number of thiophene rings is 1. The van der Waals surface area contributed by atoms with Crippen LogP contribution >= 0.6 is 23.7 Å². The first-order valence-electron chi connectivity index (χ1n) is 6.09. The van der Waals surface area contributed by atoms with Crippen molar-refractivity contribution in [1.82, 2.24) is 30.4 Å². The molecule has 0 bridgehead atoms. The Hall–Kier alpha value is -1.51. The molecule has 1 N–H and O–H groups in total. The van der Waals surface area contributed by atoms with Gasteiger partial charge in [-0.2, -0.15) is 4.68 Å². The number of piperazine rings is 1. The maximum Gasteiger partial charge on any atom is 0.266 e. The van der Waals surface area contributed by atoms with Gasteiger partial charge in [0, 0.05) is 25.7 Å². The summed E-state index contributed by atoms with van der Waals surface area (Å²) in [7, 11) is 0. The molecule has 0 saturated carbocycles. The molecule has 1 atom stereocenters. The lowest BCUT2D eigenvalue weighted by Crippen LogP contribution is -2.51. The number of aromatic nitrogens is 4. The van der Waals surface area contributed by atoms with E-state index in [0.717, 1.165) is 25.3 Å². The first kappa shape index (κ1) is 14.9. The van der Waals surface area contributed by atoms with Crippen LogP contribution in [0.5, 0.6) is 0 Å². The summed E-state index contributed by atoms with van der Waals surface area (Å²) in [5.74, 6) is 0.0499. The fourth-order valence-corrected chi connectivity index (χ4v) is 3.02. The summed E-state index contributed by atoms with van der Waals surface area (Å²) >= 11 is 1.42. The molecular formula is C11H15ClN6OS. The van der Waals surface area contributed by atoms with Gasteiger partial charge in [0.05, 0.1) is 5.69 Å². The topological polar surface area (TPSA) is 75.9 Å². The third-order valence-corrected chi connectivity index (χ3v) is 3.98. The van der Waals surface area contributed by atoms with Gasteiger partial charge in [0.15, 0.2) is 0 Å². The average molecular weight is 315 g/mol. The molecule has 1 unspecified atom stereocenters. The van der Waals surface area contributed by atoms with Crippen molar-refractivity contribution in [2.45, 2.75) is 13.0 Å². The van der Waals surface area contributed by atoms with Crippen molar-refractivity contribution in [2.75, 3.05) is 19.6 Å². The van der Waals surface area contributed by atoms with Crippen molar-refractivity contribution in [3.63, 3.8) is 0 Å². The van der Waals surface area contributed by atoms with Gasteiger partial charge in [0.25, 0.3) is 5.91 Å². The normalized spacial score (nSPS) is 18.6. The molecule has 0 aliphatic carbocycles. The largest absolute Gasteiger partial charge is 0.335 e. The molecule has 0 radical (unpaired) electrons. The molecule has 3 rings (SSSR count). The Morgan fingerprint density at radius 3 is 3.10 bits per heavy atom. The second kappa shape index (κ2) is 6.29. The monoisotopic (exact) mass is 314 g/mol. The Labute approximate surface area is 126 Å². The summed E-state index contributed by atoms with van der Waals surface area (Å²) in [6, 6.07) is 2.19. The molecule has 0 aromatic carbocycles. The molecule has 1 aliphatic heterocycles. The highest BCUT2D eigenvalue weighted by molar-refractivity contribution is 7.12. The number of hydrogen-bond donors (Lipinski definition) is 1. The zero-order valence-corrected chi connectivity index (χ0v) is 12.5. The van der Waals surface area contributed by atoms with Gasteiger partial charge >= 0.3 is 0 Å². The SMILES string of the molecule is CC1CN(C(=O)c2sccc2-n2cnnn2)CCN1.Cl. The fraction of sp³-hybridized carbons (Fsp3) is 0.455. The minimum absolute atomic E-state index is 0. The van der Waals surface area contributed by atoms with Crippen LogP contribution in [0.3, 0.4) is 0 Å². The molecule has 20 heavy (non-hydrogen) atoms. The van der Waals surface area contributed by atoms with E-state index in [0.29, 0.717) is 10.9 Å². The molecule has 108 valence electrons. The highest BCUT2D eigenvalue weighted by Crippen LogP contribution is 2.22. The predicted octanol–water partition coefficient (Wildman–Crippen LogP) is 0.579. The van der Waals surface area contributed by atoms with E-state index in [-0.39, 0.29) is 18.3 Å². The van der Waals surface area contributed by atoms with Crippen LogP contribution in [-0.4, -0.2) is 56.7 Å². The van der Waals surface area contributed by atoms with Gasteiger partial charge in [-0.15, -0.1) is 28.8 Å². The molecule has 0 spiro atoms. The van der Waals surface area contributed by atoms with E-state index >= 15 is 0 Å². The molecule has 1 aliphatic rings. The second-order valence-electron chi connectivity index (χ2n) is 4.50. The summed E-state index contributed by atoms with van der Waals surface area (Å²) in [4.78, 5) is 15.1. The maximum atomic E-state index is 12.5. The van der Waals surface area contributed by atoms with Gasteiger partial charge in [-0.3, -0.25) is 4.79 Å². The van der Waals surface area contributed by atoms with Crippen molar-refractivity contribution in [3.8, 4) is 5.69 Å². The molecule has 1 amide bonds.